The third-order valence-corrected chi connectivity index (χ3v) is 7.31. The summed E-state index contributed by atoms with van der Waals surface area (Å²) in [6.07, 6.45) is 4.05. The van der Waals surface area contributed by atoms with E-state index in [4.69, 9.17) is 22.1 Å². The summed E-state index contributed by atoms with van der Waals surface area (Å²) in [5.74, 6) is -0.284. The molecular weight excluding hydrogens is 406 g/mol. The van der Waals surface area contributed by atoms with Crippen molar-refractivity contribution in [2.45, 2.75) is 40.5 Å². The molecule has 1 amide bonds. The van der Waals surface area contributed by atoms with Crippen molar-refractivity contribution in [2.24, 2.45) is 10.8 Å². The molecule has 0 saturated carbocycles. The van der Waals surface area contributed by atoms with Gasteiger partial charge in [-0.05, 0) is 48.2 Å². The fraction of sp³-hybridized carbons (Fsp3) is 0.364. The summed E-state index contributed by atoms with van der Waals surface area (Å²) in [4.78, 5) is 14.3. The van der Waals surface area contributed by atoms with Crippen molar-refractivity contribution in [2.75, 3.05) is 20.3 Å². The quantitative estimate of drug-likeness (QED) is 0.765. The summed E-state index contributed by atoms with van der Waals surface area (Å²) >= 11 is 8.20. The molecule has 2 N–H and O–H groups in total. The Bertz CT molecular complexity index is 943. The summed E-state index contributed by atoms with van der Waals surface area (Å²) in [6, 6.07) is 14.5. The van der Waals surface area contributed by atoms with E-state index in [0.717, 1.165) is 27.3 Å². The number of carbonyl (C=O) groups excluding carboxylic acids is 1. The molecule has 1 unspecified atom stereocenters. The Morgan fingerprint density at radius 3 is 2.72 bits per heavy atom. The van der Waals surface area contributed by atoms with Crippen LogP contribution in [0.3, 0.4) is 0 Å². The molecule has 2 aliphatic heterocycles. The van der Waals surface area contributed by atoms with E-state index in [1.54, 1.807) is 11.8 Å². The largest absolute Gasteiger partial charge is 0.381 e. The molecule has 2 aromatic carbocycles. The minimum absolute atomic E-state index is 0.235. The first-order chi connectivity index (χ1) is 14.0. The van der Waals surface area contributed by atoms with Gasteiger partial charge in [-0.1, -0.05) is 41.6 Å². The van der Waals surface area contributed by atoms with Gasteiger partial charge in [0.15, 0.2) is 0 Å². The standard InChI is InChI=1S/C22H24ClN3O2S/c1-26-19(7-10-25-26)15-5-6-20(18(23)13-15)29-17-4-2-3-16(14-17)22(21(24)27)8-11-28-12-9-22/h2-6,10,13-14,19H,7-9,11-12H2,1H3,(H2,24,27). The van der Waals surface area contributed by atoms with Crippen molar-refractivity contribution in [3.63, 3.8) is 0 Å². The van der Waals surface area contributed by atoms with Gasteiger partial charge in [0.1, 0.15) is 0 Å². The Labute approximate surface area is 180 Å². The lowest BCUT2D eigenvalue weighted by Gasteiger charge is -2.34. The van der Waals surface area contributed by atoms with Gasteiger partial charge in [0.25, 0.3) is 0 Å². The van der Waals surface area contributed by atoms with Crippen LogP contribution in [-0.2, 0) is 14.9 Å². The van der Waals surface area contributed by atoms with Crippen LogP contribution in [0.25, 0.3) is 0 Å². The van der Waals surface area contributed by atoms with Crippen molar-refractivity contribution in [3.8, 4) is 0 Å². The predicted octanol–water partition coefficient (Wildman–Crippen LogP) is 4.39. The molecule has 1 atom stereocenters. The highest BCUT2D eigenvalue weighted by atomic mass is 35.5. The minimum atomic E-state index is -0.657. The molecule has 0 aromatic heterocycles. The smallest absolute Gasteiger partial charge is 0.228 e. The second kappa shape index (κ2) is 8.38. The molecule has 1 saturated heterocycles. The molecule has 1 fully saturated rings. The van der Waals surface area contributed by atoms with E-state index >= 15 is 0 Å². The molecule has 0 spiro atoms. The number of nitrogens with two attached hydrogens (primary N) is 1. The zero-order chi connectivity index (χ0) is 20.4. The van der Waals surface area contributed by atoms with E-state index in [1.165, 1.54) is 0 Å². The van der Waals surface area contributed by atoms with Gasteiger partial charge in [0, 0.05) is 42.7 Å². The molecule has 0 bridgehead atoms. The lowest BCUT2D eigenvalue weighted by molar-refractivity contribution is -0.127. The number of rotatable bonds is 5. The molecule has 2 heterocycles. The van der Waals surface area contributed by atoms with Crippen LogP contribution in [0.15, 0.2) is 57.4 Å². The summed E-state index contributed by atoms with van der Waals surface area (Å²) < 4.78 is 5.46. The molecule has 7 heteroatoms. The van der Waals surface area contributed by atoms with Gasteiger partial charge in [-0.3, -0.25) is 9.80 Å². The Kier molecular flexibility index (Phi) is 5.86. The molecule has 5 nitrogen and oxygen atoms in total. The number of hydrogen-bond donors (Lipinski definition) is 1. The van der Waals surface area contributed by atoms with Gasteiger partial charge >= 0.3 is 0 Å². The van der Waals surface area contributed by atoms with E-state index in [0.29, 0.717) is 31.1 Å². The molecule has 0 radical (unpaired) electrons. The lowest BCUT2D eigenvalue weighted by atomic mass is 9.73. The van der Waals surface area contributed by atoms with E-state index < -0.39 is 5.41 Å². The van der Waals surface area contributed by atoms with E-state index in [9.17, 15) is 4.79 Å². The maximum atomic E-state index is 12.3. The molecule has 2 aliphatic rings. The van der Waals surface area contributed by atoms with Crippen molar-refractivity contribution < 1.29 is 9.53 Å². The average molecular weight is 430 g/mol. The van der Waals surface area contributed by atoms with Crippen molar-refractivity contribution in [3.05, 3.63) is 58.6 Å². The SMILES string of the molecule is CN1N=CCC1c1ccc(Sc2cccc(C3(C(N)=O)CCOCC3)c2)c(Cl)c1. The Hall–Kier alpha value is -2.02. The van der Waals surface area contributed by atoms with Crippen LogP contribution < -0.4 is 5.73 Å². The van der Waals surface area contributed by atoms with Crippen molar-refractivity contribution in [1.82, 2.24) is 5.01 Å². The van der Waals surface area contributed by atoms with Crippen LogP contribution in [0, 0.1) is 0 Å². The zero-order valence-corrected chi connectivity index (χ0v) is 17.9. The number of primary amides is 1. The first kappa shape index (κ1) is 20.3. The zero-order valence-electron chi connectivity index (χ0n) is 16.3. The number of benzene rings is 2. The average Bonchev–Trinajstić information content (AvgIpc) is 3.16. The van der Waals surface area contributed by atoms with Crippen LogP contribution in [0.5, 0.6) is 0 Å². The lowest BCUT2D eigenvalue weighted by Crippen LogP contribution is -2.45. The summed E-state index contributed by atoms with van der Waals surface area (Å²) in [7, 11) is 1.97. The highest BCUT2D eigenvalue weighted by Crippen LogP contribution is 2.40. The van der Waals surface area contributed by atoms with Crippen molar-refractivity contribution in [1.29, 1.82) is 0 Å². The molecule has 152 valence electrons. The molecule has 4 rings (SSSR count). The van der Waals surface area contributed by atoms with Crippen molar-refractivity contribution >= 4 is 35.5 Å². The van der Waals surface area contributed by atoms with E-state index in [2.05, 4.69) is 23.3 Å². The van der Waals surface area contributed by atoms with Gasteiger partial charge in [-0.15, -0.1) is 0 Å². The van der Waals surface area contributed by atoms with Crippen LogP contribution in [0.1, 0.15) is 36.4 Å². The van der Waals surface area contributed by atoms with Crippen LogP contribution in [-0.4, -0.2) is 37.4 Å². The first-order valence-electron chi connectivity index (χ1n) is 9.70. The molecule has 2 aromatic rings. The maximum absolute atomic E-state index is 12.3. The first-order valence-corrected chi connectivity index (χ1v) is 10.9. The molecule has 0 aliphatic carbocycles. The van der Waals surface area contributed by atoms with Gasteiger partial charge < -0.3 is 10.5 Å². The van der Waals surface area contributed by atoms with Crippen LogP contribution in [0.4, 0.5) is 0 Å². The summed E-state index contributed by atoms with van der Waals surface area (Å²) in [5, 5.41) is 6.98. The van der Waals surface area contributed by atoms with Crippen LogP contribution >= 0.6 is 23.4 Å². The normalized spacial score (nSPS) is 20.8. The highest BCUT2D eigenvalue weighted by Gasteiger charge is 2.40. The Morgan fingerprint density at radius 1 is 1.28 bits per heavy atom. The number of ether oxygens (including phenoxy) is 1. The number of hydrogen-bond acceptors (Lipinski definition) is 5. The molecule has 29 heavy (non-hydrogen) atoms. The number of nitrogens with zero attached hydrogens (tertiary/aromatic N) is 2. The van der Waals surface area contributed by atoms with Crippen LogP contribution in [0.2, 0.25) is 5.02 Å². The Balaban J connectivity index is 1.57. The van der Waals surface area contributed by atoms with E-state index in [1.807, 2.05) is 42.5 Å². The monoisotopic (exact) mass is 429 g/mol. The van der Waals surface area contributed by atoms with Gasteiger partial charge in [0.2, 0.25) is 5.91 Å². The third-order valence-electron chi connectivity index (χ3n) is 5.82. The van der Waals surface area contributed by atoms with Gasteiger partial charge in [0.05, 0.1) is 16.5 Å². The second-order valence-corrected chi connectivity index (χ2v) is 9.02. The molecular formula is C22H24ClN3O2S. The summed E-state index contributed by atoms with van der Waals surface area (Å²) in [5.41, 5.74) is 7.26. The fourth-order valence-corrected chi connectivity index (χ4v) is 5.23. The number of amides is 1. The van der Waals surface area contributed by atoms with Gasteiger partial charge in [-0.25, -0.2) is 0 Å². The highest BCUT2D eigenvalue weighted by molar-refractivity contribution is 7.99. The number of carbonyl (C=O) groups is 1. The third kappa shape index (κ3) is 4.02. The predicted molar refractivity (Wildman–Crippen MR) is 117 cm³/mol. The van der Waals surface area contributed by atoms with E-state index in [-0.39, 0.29) is 11.9 Å². The minimum Gasteiger partial charge on any atom is -0.381 e. The second-order valence-electron chi connectivity index (χ2n) is 7.50. The number of halogens is 1. The fourth-order valence-electron chi connectivity index (χ4n) is 4.05. The number of hydrazone groups is 1. The Morgan fingerprint density at radius 2 is 2.07 bits per heavy atom. The maximum Gasteiger partial charge on any atom is 0.228 e. The summed E-state index contributed by atoms with van der Waals surface area (Å²) in [6.45, 7) is 1.10. The van der Waals surface area contributed by atoms with Gasteiger partial charge in [-0.2, -0.15) is 5.10 Å². The topological polar surface area (TPSA) is 67.9 Å².